The number of carbonyl (C=O) groups excluding carboxylic acids is 2. The Labute approximate surface area is 119 Å². The minimum Gasteiger partial charge on any atom is -0.493 e. The van der Waals surface area contributed by atoms with Gasteiger partial charge >= 0.3 is 0 Å². The molecule has 1 amide bonds. The van der Waals surface area contributed by atoms with Gasteiger partial charge in [0.25, 0.3) is 0 Å². The highest BCUT2D eigenvalue weighted by atomic mass is 16.5. The van der Waals surface area contributed by atoms with E-state index in [1.54, 1.807) is 19.0 Å². The summed E-state index contributed by atoms with van der Waals surface area (Å²) < 4.78 is 5.76. The number of amides is 1. The van der Waals surface area contributed by atoms with Gasteiger partial charge in [0.2, 0.25) is 5.91 Å². The maximum Gasteiger partial charge on any atom is 0.222 e. The number of rotatable bonds is 5. The average molecular weight is 275 g/mol. The van der Waals surface area contributed by atoms with Crippen molar-refractivity contribution in [2.45, 2.75) is 32.1 Å². The van der Waals surface area contributed by atoms with Crippen molar-refractivity contribution in [3.05, 3.63) is 29.3 Å². The number of hydrogen-bond donors (Lipinski definition) is 0. The fraction of sp³-hybridized carbons (Fsp3) is 0.500. The van der Waals surface area contributed by atoms with Gasteiger partial charge in [0.15, 0.2) is 5.78 Å². The first-order chi connectivity index (χ1) is 9.59. The van der Waals surface area contributed by atoms with E-state index in [9.17, 15) is 9.59 Å². The van der Waals surface area contributed by atoms with Crippen LogP contribution in [-0.2, 0) is 11.2 Å². The van der Waals surface area contributed by atoms with Gasteiger partial charge in [0.05, 0.1) is 6.61 Å². The molecule has 0 bridgehead atoms. The van der Waals surface area contributed by atoms with Crippen LogP contribution in [0.5, 0.6) is 5.75 Å². The summed E-state index contributed by atoms with van der Waals surface area (Å²) in [6.45, 7) is 0.504. The lowest BCUT2D eigenvalue weighted by Gasteiger charge is -2.18. The monoisotopic (exact) mass is 275 g/mol. The number of ether oxygens (including phenoxy) is 1. The first-order valence-electron chi connectivity index (χ1n) is 7.07. The van der Waals surface area contributed by atoms with Crippen molar-refractivity contribution in [2.24, 2.45) is 0 Å². The van der Waals surface area contributed by atoms with Gasteiger partial charge in [-0.1, -0.05) is 12.1 Å². The van der Waals surface area contributed by atoms with Crippen molar-refractivity contribution in [2.75, 3.05) is 20.7 Å². The number of Topliss-reactive ketones (excluding diaryl/α,β-unsaturated/α-hetero) is 1. The molecule has 4 heteroatoms. The lowest BCUT2D eigenvalue weighted by molar-refractivity contribution is -0.128. The van der Waals surface area contributed by atoms with Crippen molar-refractivity contribution in [3.63, 3.8) is 0 Å². The van der Waals surface area contributed by atoms with Crippen LogP contribution in [0.4, 0.5) is 0 Å². The summed E-state index contributed by atoms with van der Waals surface area (Å²) in [5, 5.41) is 0. The molecule has 0 fully saturated rings. The van der Waals surface area contributed by atoms with E-state index in [-0.39, 0.29) is 11.7 Å². The van der Waals surface area contributed by atoms with E-state index in [0.29, 0.717) is 25.9 Å². The van der Waals surface area contributed by atoms with E-state index in [1.165, 1.54) is 0 Å². The SMILES string of the molecule is CN(C)C(=O)CCCOc1cccc2c1CCCC2=O. The number of hydrogen-bond acceptors (Lipinski definition) is 3. The second-order valence-corrected chi connectivity index (χ2v) is 5.30. The van der Waals surface area contributed by atoms with Crippen LogP contribution in [0.15, 0.2) is 18.2 Å². The molecular formula is C16H21NO3. The Hall–Kier alpha value is -1.84. The summed E-state index contributed by atoms with van der Waals surface area (Å²) in [5.41, 5.74) is 1.83. The minimum atomic E-state index is 0.110. The lowest BCUT2D eigenvalue weighted by Crippen LogP contribution is -2.21. The molecule has 20 heavy (non-hydrogen) atoms. The zero-order valence-corrected chi connectivity index (χ0v) is 12.1. The van der Waals surface area contributed by atoms with Gasteiger partial charge in [0, 0.05) is 38.1 Å². The fourth-order valence-corrected chi connectivity index (χ4v) is 2.41. The molecule has 2 rings (SSSR count). The Morgan fingerprint density at radius 2 is 2.10 bits per heavy atom. The van der Waals surface area contributed by atoms with Crippen LogP contribution in [0.3, 0.4) is 0 Å². The number of fused-ring (bicyclic) bond motifs is 1. The van der Waals surface area contributed by atoms with E-state index in [0.717, 1.165) is 29.7 Å². The van der Waals surface area contributed by atoms with Gasteiger partial charge in [-0.3, -0.25) is 9.59 Å². The summed E-state index contributed by atoms with van der Waals surface area (Å²) >= 11 is 0. The van der Waals surface area contributed by atoms with Crippen molar-refractivity contribution in [1.29, 1.82) is 0 Å². The third kappa shape index (κ3) is 3.38. The molecule has 1 aliphatic rings. The van der Waals surface area contributed by atoms with Gasteiger partial charge in [-0.05, 0) is 25.3 Å². The molecule has 1 aliphatic carbocycles. The van der Waals surface area contributed by atoms with Gasteiger partial charge < -0.3 is 9.64 Å². The second kappa shape index (κ2) is 6.55. The number of benzene rings is 1. The summed E-state index contributed by atoms with van der Waals surface area (Å²) in [6.07, 6.45) is 3.60. The van der Waals surface area contributed by atoms with Crippen LogP contribution in [0.25, 0.3) is 0 Å². The summed E-state index contributed by atoms with van der Waals surface area (Å²) in [4.78, 5) is 24.9. The molecule has 0 spiro atoms. The Morgan fingerprint density at radius 1 is 1.30 bits per heavy atom. The highest BCUT2D eigenvalue weighted by molar-refractivity contribution is 5.99. The zero-order chi connectivity index (χ0) is 14.5. The topological polar surface area (TPSA) is 46.6 Å². The molecule has 1 aromatic carbocycles. The lowest BCUT2D eigenvalue weighted by atomic mass is 9.90. The molecule has 0 unspecified atom stereocenters. The van der Waals surface area contributed by atoms with E-state index in [1.807, 2.05) is 18.2 Å². The summed E-state index contributed by atoms with van der Waals surface area (Å²) in [5.74, 6) is 1.12. The normalized spacial score (nSPS) is 13.8. The van der Waals surface area contributed by atoms with E-state index < -0.39 is 0 Å². The molecule has 0 radical (unpaired) electrons. The molecule has 0 saturated carbocycles. The van der Waals surface area contributed by atoms with E-state index in [2.05, 4.69) is 0 Å². The molecule has 108 valence electrons. The quantitative estimate of drug-likeness (QED) is 0.775. The predicted molar refractivity (Wildman–Crippen MR) is 77.1 cm³/mol. The highest BCUT2D eigenvalue weighted by Crippen LogP contribution is 2.29. The van der Waals surface area contributed by atoms with E-state index >= 15 is 0 Å². The standard InChI is InChI=1S/C16H21NO3/c1-17(2)16(19)10-5-11-20-15-9-4-6-12-13(15)7-3-8-14(12)18/h4,6,9H,3,5,7-8,10-11H2,1-2H3. The number of carbonyl (C=O) groups is 2. The third-order valence-corrected chi connectivity index (χ3v) is 3.56. The minimum absolute atomic E-state index is 0.110. The van der Waals surface area contributed by atoms with Crippen LogP contribution >= 0.6 is 0 Å². The summed E-state index contributed by atoms with van der Waals surface area (Å²) in [7, 11) is 3.50. The highest BCUT2D eigenvalue weighted by Gasteiger charge is 2.20. The van der Waals surface area contributed by atoms with Crippen LogP contribution < -0.4 is 4.74 Å². The van der Waals surface area contributed by atoms with Crippen molar-refractivity contribution in [3.8, 4) is 5.75 Å². The van der Waals surface area contributed by atoms with Crippen molar-refractivity contribution >= 4 is 11.7 Å². The molecule has 0 atom stereocenters. The van der Waals surface area contributed by atoms with Gasteiger partial charge in [-0.25, -0.2) is 0 Å². The van der Waals surface area contributed by atoms with Crippen LogP contribution in [-0.4, -0.2) is 37.3 Å². The molecule has 0 saturated heterocycles. The maximum absolute atomic E-state index is 11.8. The Bertz CT molecular complexity index is 508. The molecule has 1 aromatic rings. The molecule has 0 N–H and O–H groups in total. The average Bonchev–Trinajstić information content (AvgIpc) is 2.44. The number of ketones is 1. The van der Waals surface area contributed by atoms with Gasteiger partial charge in [0.1, 0.15) is 5.75 Å². The maximum atomic E-state index is 11.8. The zero-order valence-electron chi connectivity index (χ0n) is 12.1. The van der Waals surface area contributed by atoms with Crippen LogP contribution in [0.2, 0.25) is 0 Å². The smallest absolute Gasteiger partial charge is 0.222 e. The second-order valence-electron chi connectivity index (χ2n) is 5.30. The molecular weight excluding hydrogens is 254 g/mol. The molecule has 0 aromatic heterocycles. The molecule has 0 heterocycles. The number of nitrogens with zero attached hydrogens (tertiary/aromatic N) is 1. The van der Waals surface area contributed by atoms with Gasteiger partial charge in [-0.2, -0.15) is 0 Å². The summed E-state index contributed by atoms with van der Waals surface area (Å²) in [6, 6.07) is 5.65. The largest absolute Gasteiger partial charge is 0.493 e. The van der Waals surface area contributed by atoms with Crippen LogP contribution in [0, 0.1) is 0 Å². The van der Waals surface area contributed by atoms with Crippen molar-refractivity contribution < 1.29 is 14.3 Å². The fourth-order valence-electron chi connectivity index (χ4n) is 2.41. The third-order valence-electron chi connectivity index (χ3n) is 3.56. The Morgan fingerprint density at radius 3 is 2.85 bits per heavy atom. The molecule has 4 nitrogen and oxygen atoms in total. The predicted octanol–water partition coefficient (Wildman–Crippen LogP) is 2.45. The Kier molecular flexibility index (Phi) is 4.77. The van der Waals surface area contributed by atoms with Crippen molar-refractivity contribution in [1.82, 2.24) is 4.90 Å². The van der Waals surface area contributed by atoms with Crippen LogP contribution in [0.1, 0.15) is 41.6 Å². The first-order valence-corrected chi connectivity index (χ1v) is 7.07. The van der Waals surface area contributed by atoms with E-state index in [4.69, 9.17) is 4.74 Å². The molecule has 0 aliphatic heterocycles. The van der Waals surface area contributed by atoms with Gasteiger partial charge in [-0.15, -0.1) is 0 Å². The first kappa shape index (κ1) is 14.6. The Balaban J connectivity index is 1.92.